The summed E-state index contributed by atoms with van der Waals surface area (Å²) in [6.07, 6.45) is 5.48. The number of benzene rings is 1. The molecule has 3 unspecified atom stereocenters. The summed E-state index contributed by atoms with van der Waals surface area (Å²) in [4.78, 5) is 36.9. The number of ether oxygens (including phenoxy) is 1. The van der Waals surface area contributed by atoms with Crippen LogP contribution in [0.25, 0.3) is 20.7 Å². The van der Waals surface area contributed by atoms with Gasteiger partial charge in [-0.15, -0.1) is 11.3 Å². The van der Waals surface area contributed by atoms with Crippen LogP contribution in [0.15, 0.2) is 41.2 Å². The molecule has 1 N–H and O–H groups in total. The van der Waals surface area contributed by atoms with Crippen molar-refractivity contribution in [2.24, 2.45) is 5.92 Å². The zero-order chi connectivity index (χ0) is 20.7. The van der Waals surface area contributed by atoms with Gasteiger partial charge >= 0.3 is 5.97 Å². The van der Waals surface area contributed by atoms with Gasteiger partial charge in [0.25, 0.3) is 5.56 Å². The van der Waals surface area contributed by atoms with E-state index in [1.54, 1.807) is 0 Å². The van der Waals surface area contributed by atoms with Crippen molar-refractivity contribution < 1.29 is 9.53 Å². The maximum absolute atomic E-state index is 12.8. The highest BCUT2D eigenvalue weighted by Gasteiger charge is 2.45. The summed E-state index contributed by atoms with van der Waals surface area (Å²) in [6, 6.07) is 12.0. The Morgan fingerprint density at radius 1 is 1.27 bits per heavy atom. The van der Waals surface area contributed by atoms with E-state index in [-0.39, 0.29) is 17.6 Å². The van der Waals surface area contributed by atoms with Crippen LogP contribution in [-0.2, 0) is 16.1 Å². The minimum atomic E-state index is -0.257. The number of likely N-dealkylation sites (tertiary alicyclic amines) is 1. The number of aromatic amines is 1. The molecular formula is C23H25N3O3S. The molecule has 156 valence electrons. The monoisotopic (exact) mass is 423 g/mol. The molecule has 30 heavy (non-hydrogen) atoms. The number of fused-ring (bicyclic) bond motifs is 2. The van der Waals surface area contributed by atoms with Gasteiger partial charge in [-0.1, -0.05) is 43.2 Å². The minimum Gasteiger partial charge on any atom is -0.468 e. The van der Waals surface area contributed by atoms with Crippen molar-refractivity contribution in [3.05, 3.63) is 52.6 Å². The van der Waals surface area contributed by atoms with Crippen molar-refractivity contribution in [3.8, 4) is 10.4 Å². The second-order valence-corrected chi connectivity index (χ2v) is 9.30. The van der Waals surface area contributed by atoms with Gasteiger partial charge in [-0.25, -0.2) is 4.98 Å². The second kappa shape index (κ2) is 7.96. The van der Waals surface area contributed by atoms with Crippen molar-refractivity contribution >= 4 is 27.5 Å². The molecule has 3 heterocycles. The van der Waals surface area contributed by atoms with Crippen LogP contribution in [0.2, 0.25) is 0 Å². The molecule has 1 aromatic carbocycles. The smallest absolute Gasteiger partial charge is 0.323 e. The molecule has 0 amide bonds. The minimum absolute atomic E-state index is 0.123. The van der Waals surface area contributed by atoms with Gasteiger partial charge in [-0.2, -0.15) is 0 Å². The second-order valence-electron chi connectivity index (χ2n) is 8.27. The van der Waals surface area contributed by atoms with Gasteiger partial charge in [0.05, 0.1) is 19.0 Å². The zero-order valence-electron chi connectivity index (χ0n) is 17.0. The number of carbonyl (C=O) groups is 1. The van der Waals surface area contributed by atoms with Crippen molar-refractivity contribution in [3.63, 3.8) is 0 Å². The molecule has 6 nitrogen and oxygen atoms in total. The van der Waals surface area contributed by atoms with Crippen LogP contribution < -0.4 is 5.56 Å². The molecule has 0 bridgehead atoms. The average molecular weight is 424 g/mol. The number of nitrogens with one attached hydrogen (secondary N) is 1. The fourth-order valence-corrected chi connectivity index (χ4v) is 6.17. The van der Waals surface area contributed by atoms with Crippen LogP contribution in [0.5, 0.6) is 0 Å². The van der Waals surface area contributed by atoms with Crippen molar-refractivity contribution in [1.82, 2.24) is 14.9 Å². The highest BCUT2D eigenvalue weighted by atomic mass is 32.1. The summed E-state index contributed by atoms with van der Waals surface area (Å²) < 4.78 is 5.08. The molecule has 1 aliphatic carbocycles. The van der Waals surface area contributed by atoms with Crippen LogP contribution in [0.1, 0.15) is 37.9 Å². The number of rotatable bonds is 4. The first-order chi connectivity index (χ1) is 14.6. The third-order valence-electron chi connectivity index (χ3n) is 6.54. The van der Waals surface area contributed by atoms with E-state index in [2.05, 4.69) is 9.88 Å². The summed E-state index contributed by atoms with van der Waals surface area (Å²) in [5.74, 6) is 0.953. The Kier molecular flexibility index (Phi) is 5.16. The Morgan fingerprint density at radius 2 is 2.07 bits per heavy atom. The average Bonchev–Trinajstić information content (AvgIpc) is 3.36. The van der Waals surface area contributed by atoms with E-state index >= 15 is 0 Å². The molecule has 0 radical (unpaired) electrons. The number of nitrogens with zero attached hydrogens (tertiary/aromatic N) is 2. The van der Waals surface area contributed by atoms with E-state index in [0.717, 1.165) is 34.5 Å². The highest BCUT2D eigenvalue weighted by molar-refractivity contribution is 7.21. The Balaban J connectivity index is 1.48. The molecule has 1 saturated carbocycles. The lowest BCUT2D eigenvalue weighted by molar-refractivity contribution is -0.146. The maximum Gasteiger partial charge on any atom is 0.323 e. The molecule has 2 aliphatic rings. The van der Waals surface area contributed by atoms with Crippen molar-refractivity contribution in [2.45, 2.75) is 50.7 Å². The molecule has 2 aromatic heterocycles. The van der Waals surface area contributed by atoms with E-state index in [0.29, 0.717) is 29.7 Å². The molecule has 1 aliphatic heterocycles. The van der Waals surface area contributed by atoms with Crippen molar-refractivity contribution in [2.75, 3.05) is 7.11 Å². The first-order valence-corrected chi connectivity index (χ1v) is 11.4. The van der Waals surface area contributed by atoms with Gasteiger partial charge in [0.2, 0.25) is 0 Å². The number of thiophene rings is 1. The molecule has 5 rings (SSSR count). The quantitative estimate of drug-likeness (QED) is 0.643. The van der Waals surface area contributed by atoms with Crippen LogP contribution in [0.3, 0.4) is 0 Å². The van der Waals surface area contributed by atoms with Crippen molar-refractivity contribution in [1.29, 1.82) is 0 Å². The molecule has 1 saturated heterocycles. The number of methoxy groups -OCH3 is 1. The number of carbonyl (C=O) groups excluding carboxylic acids is 1. The lowest BCUT2D eigenvalue weighted by Crippen LogP contribution is -2.42. The van der Waals surface area contributed by atoms with E-state index in [9.17, 15) is 9.59 Å². The Hall–Kier alpha value is -2.51. The van der Waals surface area contributed by atoms with E-state index in [4.69, 9.17) is 9.72 Å². The first-order valence-electron chi connectivity index (χ1n) is 10.6. The fraction of sp³-hybridized carbons (Fsp3) is 0.435. The van der Waals surface area contributed by atoms with E-state index in [1.165, 1.54) is 31.3 Å². The molecule has 3 atom stereocenters. The summed E-state index contributed by atoms with van der Waals surface area (Å²) >= 11 is 1.53. The van der Waals surface area contributed by atoms with E-state index in [1.807, 2.05) is 36.4 Å². The Labute approximate surface area is 178 Å². The van der Waals surface area contributed by atoms with Crippen LogP contribution in [0, 0.1) is 5.92 Å². The van der Waals surface area contributed by atoms with Gasteiger partial charge in [0.15, 0.2) is 0 Å². The van der Waals surface area contributed by atoms with Crippen LogP contribution in [-0.4, -0.2) is 40.0 Å². The number of H-pyrrole nitrogens is 1. The molecule has 7 heteroatoms. The SMILES string of the molecule is COC(=O)C1CC2CCCCC2N1Cc1nc2sc(-c3ccccc3)cc2c(=O)[nH]1. The summed E-state index contributed by atoms with van der Waals surface area (Å²) in [5.41, 5.74) is 0.958. The van der Waals surface area contributed by atoms with Gasteiger partial charge in [0.1, 0.15) is 16.7 Å². The van der Waals surface area contributed by atoms with Gasteiger partial charge in [0, 0.05) is 10.9 Å². The normalized spacial score (nSPS) is 24.1. The fourth-order valence-electron chi connectivity index (χ4n) is 5.12. The lowest BCUT2D eigenvalue weighted by Gasteiger charge is -2.32. The summed E-state index contributed by atoms with van der Waals surface area (Å²) in [6.45, 7) is 0.463. The molecule has 2 fully saturated rings. The first kappa shape index (κ1) is 19.5. The van der Waals surface area contributed by atoms with E-state index < -0.39 is 0 Å². The number of hydrogen-bond acceptors (Lipinski definition) is 6. The zero-order valence-corrected chi connectivity index (χ0v) is 17.8. The van der Waals surface area contributed by atoms with Gasteiger partial charge in [-0.05, 0) is 36.8 Å². The predicted octanol–water partition coefficient (Wildman–Crippen LogP) is 3.96. The van der Waals surface area contributed by atoms with Gasteiger partial charge in [-0.3, -0.25) is 14.5 Å². The molecule has 0 spiro atoms. The standard InChI is InChI=1S/C23H25N3O3S/c1-29-23(28)18-11-15-9-5-6-10-17(15)26(18)13-20-24-21(27)16-12-19(30-22(16)25-20)14-7-3-2-4-8-14/h2-4,7-8,12,15,17-18H,5-6,9-11,13H2,1H3,(H,24,25,27). The largest absolute Gasteiger partial charge is 0.468 e. The number of hydrogen-bond donors (Lipinski definition) is 1. The third kappa shape index (κ3) is 3.46. The third-order valence-corrected chi connectivity index (χ3v) is 7.61. The lowest BCUT2D eigenvalue weighted by atomic mass is 9.85. The topological polar surface area (TPSA) is 75.3 Å². The number of esters is 1. The Bertz CT molecular complexity index is 1120. The van der Waals surface area contributed by atoms with Crippen LogP contribution >= 0.6 is 11.3 Å². The summed E-state index contributed by atoms with van der Waals surface area (Å²) in [7, 11) is 1.45. The van der Waals surface area contributed by atoms with Crippen LogP contribution in [0.4, 0.5) is 0 Å². The number of aromatic nitrogens is 2. The summed E-state index contributed by atoms with van der Waals surface area (Å²) in [5, 5.41) is 0.615. The highest BCUT2D eigenvalue weighted by Crippen LogP contribution is 2.40. The molecule has 3 aromatic rings. The van der Waals surface area contributed by atoms with Gasteiger partial charge < -0.3 is 9.72 Å². The molecular weight excluding hydrogens is 398 g/mol. The maximum atomic E-state index is 12.8. The Morgan fingerprint density at radius 3 is 2.87 bits per heavy atom. The predicted molar refractivity (Wildman–Crippen MR) is 117 cm³/mol.